The Morgan fingerprint density at radius 2 is 2.32 bits per heavy atom. The molecule has 1 amide bonds. The number of rotatable bonds is 1. The van der Waals surface area contributed by atoms with Gasteiger partial charge in [0, 0.05) is 30.2 Å². The summed E-state index contributed by atoms with van der Waals surface area (Å²) >= 11 is 5.71. The van der Waals surface area contributed by atoms with E-state index in [0.717, 1.165) is 18.3 Å². The predicted octanol–water partition coefficient (Wildman–Crippen LogP) is 1.32. The topological polar surface area (TPSA) is 66.9 Å². The summed E-state index contributed by atoms with van der Waals surface area (Å²) in [5, 5.41) is 5.98. The molecule has 3 rings (SSSR count). The van der Waals surface area contributed by atoms with Gasteiger partial charge in [-0.3, -0.25) is 4.79 Å². The number of carbonyl (C=O) groups excluding carboxylic acids is 1. The van der Waals surface area contributed by atoms with E-state index in [4.69, 9.17) is 11.6 Å². The molecule has 2 aliphatic heterocycles. The smallest absolute Gasteiger partial charge is 0.249 e. The SMILES string of the molecule is CC1C2=C(CCNC2=O)NC1c1nc(Cl)ncc1F. The minimum atomic E-state index is -0.519. The van der Waals surface area contributed by atoms with Crippen molar-refractivity contribution in [1.82, 2.24) is 20.6 Å². The summed E-state index contributed by atoms with van der Waals surface area (Å²) in [5.41, 5.74) is 1.76. The van der Waals surface area contributed by atoms with Gasteiger partial charge < -0.3 is 10.6 Å². The van der Waals surface area contributed by atoms with Crippen molar-refractivity contribution in [3.63, 3.8) is 0 Å². The number of carbonyl (C=O) groups is 1. The van der Waals surface area contributed by atoms with E-state index >= 15 is 0 Å². The van der Waals surface area contributed by atoms with Crippen LogP contribution in [0.4, 0.5) is 4.39 Å². The standard InChI is InChI=1S/C12H12ClFN4O/c1-5-8-7(2-3-15-11(8)19)17-9(5)10-6(14)4-16-12(13)18-10/h4-5,9,17H,2-3H2,1H3,(H,15,19). The third-order valence-electron chi connectivity index (χ3n) is 3.55. The van der Waals surface area contributed by atoms with Crippen molar-refractivity contribution in [3.05, 3.63) is 34.3 Å². The molecule has 0 radical (unpaired) electrons. The van der Waals surface area contributed by atoms with E-state index in [9.17, 15) is 9.18 Å². The number of hydrogen-bond donors (Lipinski definition) is 2. The molecule has 2 unspecified atom stereocenters. The Balaban J connectivity index is 1.97. The third kappa shape index (κ3) is 1.96. The predicted molar refractivity (Wildman–Crippen MR) is 66.7 cm³/mol. The van der Waals surface area contributed by atoms with Crippen LogP contribution >= 0.6 is 11.6 Å². The Hall–Kier alpha value is -1.69. The van der Waals surface area contributed by atoms with E-state index in [1.807, 2.05) is 6.92 Å². The van der Waals surface area contributed by atoms with Gasteiger partial charge in [-0.15, -0.1) is 0 Å². The van der Waals surface area contributed by atoms with Gasteiger partial charge >= 0.3 is 0 Å². The molecule has 2 atom stereocenters. The zero-order valence-corrected chi connectivity index (χ0v) is 11.0. The van der Waals surface area contributed by atoms with Gasteiger partial charge in [0.05, 0.1) is 12.2 Å². The molecule has 19 heavy (non-hydrogen) atoms. The molecule has 2 aliphatic rings. The number of hydrogen-bond acceptors (Lipinski definition) is 4. The van der Waals surface area contributed by atoms with Crippen molar-refractivity contribution < 1.29 is 9.18 Å². The quantitative estimate of drug-likeness (QED) is 0.763. The van der Waals surface area contributed by atoms with Gasteiger partial charge in [-0.1, -0.05) is 6.92 Å². The van der Waals surface area contributed by atoms with E-state index in [1.54, 1.807) is 0 Å². The lowest BCUT2D eigenvalue weighted by Gasteiger charge is -2.18. The van der Waals surface area contributed by atoms with Crippen LogP contribution in [0.2, 0.25) is 5.28 Å². The van der Waals surface area contributed by atoms with Crippen molar-refractivity contribution in [2.75, 3.05) is 6.54 Å². The first kappa shape index (κ1) is 12.3. The summed E-state index contributed by atoms with van der Waals surface area (Å²) in [6, 6.07) is -0.380. The molecule has 0 bridgehead atoms. The van der Waals surface area contributed by atoms with Gasteiger partial charge in [0.25, 0.3) is 0 Å². The van der Waals surface area contributed by atoms with Crippen molar-refractivity contribution >= 4 is 17.5 Å². The van der Waals surface area contributed by atoms with Gasteiger partial charge in [0.2, 0.25) is 11.2 Å². The first-order valence-corrected chi connectivity index (χ1v) is 6.41. The minimum Gasteiger partial charge on any atom is -0.379 e. The lowest BCUT2D eigenvalue weighted by Crippen LogP contribution is -2.32. The fraction of sp³-hybridized carbons (Fsp3) is 0.417. The molecule has 5 nitrogen and oxygen atoms in total. The van der Waals surface area contributed by atoms with E-state index in [1.165, 1.54) is 0 Å². The van der Waals surface area contributed by atoms with Gasteiger partial charge in [0.15, 0.2) is 5.82 Å². The number of halogens is 2. The van der Waals surface area contributed by atoms with Crippen LogP contribution in [0.25, 0.3) is 0 Å². The van der Waals surface area contributed by atoms with Gasteiger partial charge in [-0.2, -0.15) is 0 Å². The Morgan fingerprint density at radius 1 is 1.53 bits per heavy atom. The van der Waals surface area contributed by atoms with Crippen LogP contribution in [0.3, 0.4) is 0 Å². The molecule has 2 N–H and O–H groups in total. The Labute approximate surface area is 114 Å². The van der Waals surface area contributed by atoms with Crippen LogP contribution in [0.15, 0.2) is 17.5 Å². The molecule has 0 spiro atoms. The van der Waals surface area contributed by atoms with E-state index in [-0.39, 0.29) is 28.8 Å². The zero-order valence-electron chi connectivity index (χ0n) is 10.2. The molecule has 1 aromatic rings. The van der Waals surface area contributed by atoms with Crippen LogP contribution in [0.5, 0.6) is 0 Å². The summed E-state index contributed by atoms with van der Waals surface area (Å²) < 4.78 is 13.8. The number of amides is 1. The Bertz CT molecular complexity index is 589. The van der Waals surface area contributed by atoms with E-state index < -0.39 is 5.82 Å². The summed E-state index contributed by atoms with van der Waals surface area (Å²) in [5.74, 6) is -0.769. The van der Waals surface area contributed by atoms with Crippen LogP contribution in [0, 0.1) is 11.7 Å². The van der Waals surface area contributed by atoms with Crippen molar-refractivity contribution in [1.29, 1.82) is 0 Å². The second-order valence-electron chi connectivity index (χ2n) is 4.68. The van der Waals surface area contributed by atoms with Gasteiger partial charge in [0.1, 0.15) is 5.69 Å². The molecule has 7 heteroatoms. The summed E-state index contributed by atoms with van der Waals surface area (Å²) in [7, 11) is 0. The Morgan fingerprint density at radius 3 is 3.05 bits per heavy atom. The summed E-state index contributed by atoms with van der Waals surface area (Å²) in [4.78, 5) is 19.4. The van der Waals surface area contributed by atoms with Gasteiger partial charge in [-0.05, 0) is 11.6 Å². The van der Waals surface area contributed by atoms with Crippen LogP contribution in [-0.2, 0) is 4.79 Å². The fourth-order valence-electron chi connectivity index (χ4n) is 2.66. The highest BCUT2D eigenvalue weighted by atomic mass is 35.5. The average Bonchev–Trinajstić information content (AvgIpc) is 2.71. The monoisotopic (exact) mass is 282 g/mol. The Kier molecular flexibility index (Phi) is 2.89. The minimum absolute atomic E-state index is 0.000256. The molecule has 1 aromatic heterocycles. The largest absolute Gasteiger partial charge is 0.379 e. The number of nitrogens with one attached hydrogen (secondary N) is 2. The zero-order chi connectivity index (χ0) is 13.6. The number of aromatic nitrogens is 2. The van der Waals surface area contributed by atoms with Gasteiger partial charge in [-0.25, -0.2) is 14.4 Å². The summed E-state index contributed by atoms with van der Waals surface area (Å²) in [6.45, 7) is 2.47. The lowest BCUT2D eigenvalue weighted by atomic mass is 9.92. The maximum absolute atomic E-state index is 13.8. The normalized spacial score (nSPS) is 25.9. The fourth-order valence-corrected chi connectivity index (χ4v) is 2.80. The van der Waals surface area contributed by atoms with Crippen LogP contribution in [-0.4, -0.2) is 22.4 Å². The van der Waals surface area contributed by atoms with Crippen LogP contribution in [0.1, 0.15) is 25.1 Å². The molecule has 3 heterocycles. The average molecular weight is 283 g/mol. The molecule has 0 saturated heterocycles. The highest BCUT2D eigenvalue weighted by molar-refractivity contribution is 6.28. The third-order valence-corrected chi connectivity index (χ3v) is 3.73. The van der Waals surface area contributed by atoms with E-state index in [2.05, 4.69) is 20.6 Å². The maximum atomic E-state index is 13.8. The number of nitrogens with zero attached hydrogens (tertiary/aromatic N) is 2. The highest BCUT2D eigenvalue weighted by Gasteiger charge is 2.39. The molecule has 0 fully saturated rings. The molecule has 0 saturated carbocycles. The molecule has 100 valence electrons. The maximum Gasteiger partial charge on any atom is 0.249 e. The molecule has 0 aliphatic carbocycles. The van der Waals surface area contributed by atoms with Crippen molar-refractivity contribution in [2.45, 2.75) is 19.4 Å². The van der Waals surface area contributed by atoms with E-state index in [0.29, 0.717) is 12.1 Å². The lowest BCUT2D eigenvalue weighted by molar-refractivity contribution is -0.118. The second kappa shape index (κ2) is 4.45. The molecular formula is C12H12ClFN4O. The first-order valence-electron chi connectivity index (χ1n) is 6.03. The van der Waals surface area contributed by atoms with Crippen LogP contribution < -0.4 is 10.6 Å². The molecular weight excluding hydrogens is 271 g/mol. The summed E-state index contributed by atoms with van der Waals surface area (Å²) in [6.07, 6.45) is 1.78. The second-order valence-corrected chi connectivity index (χ2v) is 5.02. The van der Waals surface area contributed by atoms with Crippen molar-refractivity contribution in [2.24, 2.45) is 5.92 Å². The van der Waals surface area contributed by atoms with Crippen molar-refractivity contribution in [3.8, 4) is 0 Å². The molecule has 0 aromatic carbocycles. The highest BCUT2D eigenvalue weighted by Crippen LogP contribution is 2.38. The first-order chi connectivity index (χ1) is 9.08.